The molecule has 1 unspecified atom stereocenters. The molecule has 0 N–H and O–H groups in total. The molecule has 4 heteroatoms. The van der Waals surface area contributed by atoms with Gasteiger partial charge in [-0.2, -0.15) is 4.99 Å². The van der Waals surface area contributed by atoms with E-state index in [-0.39, 0.29) is 6.42 Å². The summed E-state index contributed by atoms with van der Waals surface area (Å²) >= 11 is 0. The molecule has 0 fully saturated rings. The molecule has 0 heterocycles. The lowest BCUT2D eigenvalue weighted by molar-refractivity contribution is 0.343. The van der Waals surface area contributed by atoms with Crippen molar-refractivity contribution in [2.45, 2.75) is 12.7 Å². The maximum atomic E-state index is 12.9. The molecule has 0 aliphatic heterocycles. The monoisotopic (exact) mass is 195 g/mol. The zero-order chi connectivity index (χ0) is 10.4. The fourth-order valence-electron chi connectivity index (χ4n) is 1.10. The van der Waals surface area contributed by atoms with E-state index in [9.17, 15) is 9.18 Å². The minimum Gasteiger partial charge on any atom is -0.497 e. The summed E-state index contributed by atoms with van der Waals surface area (Å²) in [4.78, 5) is 12.7. The number of benzene rings is 1. The van der Waals surface area contributed by atoms with Crippen molar-refractivity contribution in [3.63, 3.8) is 0 Å². The summed E-state index contributed by atoms with van der Waals surface area (Å²) in [7, 11) is 1.54. The lowest BCUT2D eigenvalue weighted by atomic mass is 10.1. The fraction of sp³-hybridized carbons (Fsp3) is 0.300. The summed E-state index contributed by atoms with van der Waals surface area (Å²) < 4.78 is 17.8. The van der Waals surface area contributed by atoms with Crippen LogP contribution in [0, 0.1) is 0 Å². The molecule has 1 aromatic rings. The number of nitrogens with zero attached hydrogens (tertiary/aromatic N) is 1. The molecular formula is C10H10FNO2. The van der Waals surface area contributed by atoms with E-state index >= 15 is 0 Å². The number of isocyanates is 1. The Balaban J connectivity index is 2.71. The Bertz CT molecular complexity index is 348. The highest BCUT2D eigenvalue weighted by Crippen LogP contribution is 2.14. The van der Waals surface area contributed by atoms with Gasteiger partial charge in [0.25, 0.3) is 0 Å². The second-order valence-electron chi connectivity index (χ2n) is 2.71. The van der Waals surface area contributed by atoms with Crippen molar-refractivity contribution in [2.75, 3.05) is 7.11 Å². The molecule has 0 saturated carbocycles. The van der Waals surface area contributed by atoms with Crippen LogP contribution in [0.25, 0.3) is 0 Å². The van der Waals surface area contributed by atoms with Gasteiger partial charge in [-0.05, 0) is 17.7 Å². The first-order chi connectivity index (χ1) is 6.76. The van der Waals surface area contributed by atoms with Gasteiger partial charge in [-0.1, -0.05) is 12.1 Å². The van der Waals surface area contributed by atoms with Crippen molar-refractivity contribution < 1.29 is 13.9 Å². The van der Waals surface area contributed by atoms with Gasteiger partial charge in [-0.15, -0.1) is 0 Å². The molecule has 0 saturated heterocycles. The highest BCUT2D eigenvalue weighted by molar-refractivity contribution is 5.34. The second kappa shape index (κ2) is 5.14. The fourth-order valence-corrected chi connectivity index (χ4v) is 1.10. The van der Waals surface area contributed by atoms with Gasteiger partial charge in [0.05, 0.1) is 7.11 Å². The molecule has 0 bridgehead atoms. The van der Waals surface area contributed by atoms with E-state index in [0.717, 1.165) is 5.56 Å². The van der Waals surface area contributed by atoms with Gasteiger partial charge in [0.15, 0.2) is 0 Å². The average molecular weight is 195 g/mol. The third-order valence-electron chi connectivity index (χ3n) is 1.73. The lowest BCUT2D eigenvalue weighted by Crippen LogP contribution is -2.00. The number of carbonyl (C=O) groups excluding carboxylic acids is 1. The normalized spacial score (nSPS) is 11.6. The van der Waals surface area contributed by atoms with Crippen LogP contribution in [0.1, 0.15) is 5.56 Å². The average Bonchev–Trinajstić information content (AvgIpc) is 2.18. The third-order valence-corrected chi connectivity index (χ3v) is 1.73. The molecular weight excluding hydrogens is 185 g/mol. The standard InChI is InChI=1S/C10H10FNO2/c1-14-9-4-2-3-8(5-9)6-10(11)12-7-13/h2-5,10H,6H2,1H3. The molecule has 0 aromatic heterocycles. The van der Waals surface area contributed by atoms with Gasteiger partial charge in [0.1, 0.15) is 5.75 Å². The maximum Gasteiger partial charge on any atom is 0.237 e. The lowest BCUT2D eigenvalue weighted by Gasteiger charge is -2.04. The van der Waals surface area contributed by atoms with Crippen LogP contribution in [-0.4, -0.2) is 19.5 Å². The number of halogens is 1. The van der Waals surface area contributed by atoms with Crippen LogP contribution < -0.4 is 4.74 Å². The third kappa shape index (κ3) is 2.99. The molecule has 0 aliphatic rings. The number of methoxy groups -OCH3 is 1. The van der Waals surface area contributed by atoms with Crippen molar-refractivity contribution in [1.82, 2.24) is 0 Å². The van der Waals surface area contributed by atoms with Gasteiger partial charge >= 0.3 is 0 Å². The minimum absolute atomic E-state index is 0.0619. The number of hydrogen-bond acceptors (Lipinski definition) is 3. The maximum absolute atomic E-state index is 12.9. The SMILES string of the molecule is COc1cccc(CC(F)N=C=O)c1. The predicted octanol–water partition coefficient (Wildman–Crippen LogP) is 1.87. The second-order valence-corrected chi connectivity index (χ2v) is 2.71. The van der Waals surface area contributed by atoms with E-state index < -0.39 is 6.30 Å². The molecule has 0 aliphatic carbocycles. The van der Waals surface area contributed by atoms with Crippen molar-refractivity contribution in [3.05, 3.63) is 29.8 Å². The largest absolute Gasteiger partial charge is 0.497 e. The number of ether oxygens (including phenoxy) is 1. The van der Waals surface area contributed by atoms with Crippen molar-refractivity contribution in [1.29, 1.82) is 0 Å². The van der Waals surface area contributed by atoms with Gasteiger partial charge in [0, 0.05) is 6.42 Å². The van der Waals surface area contributed by atoms with Crippen molar-refractivity contribution in [3.8, 4) is 5.75 Å². The van der Waals surface area contributed by atoms with E-state index in [1.165, 1.54) is 13.2 Å². The minimum atomic E-state index is -1.53. The Kier molecular flexibility index (Phi) is 3.83. The number of rotatable bonds is 4. The van der Waals surface area contributed by atoms with Crippen LogP contribution in [0.2, 0.25) is 0 Å². The van der Waals surface area contributed by atoms with Crippen LogP contribution in [0.3, 0.4) is 0 Å². The van der Waals surface area contributed by atoms with E-state index in [4.69, 9.17) is 4.74 Å². The Labute approximate surface area is 81.2 Å². The van der Waals surface area contributed by atoms with Crippen LogP contribution in [0.15, 0.2) is 29.3 Å². The van der Waals surface area contributed by atoms with Crippen LogP contribution in [0.4, 0.5) is 4.39 Å². The zero-order valence-corrected chi connectivity index (χ0v) is 7.74. The summed E-state index contributed by atoms with van der Waals surface area (Å²) in [5.74, 6) is 0.657. The summed E-state index contributed by atoms with van der Waals surface area (Å²) in [6.45, 7) is 0. The molecule has 1 atom stereocenters. The van der Waals surface area contributed by atoms with Gasteiger partial charge in [0.2, 0.25) is 12.4 Å². The van der Waals surface area contributed by atoms with Crippen molar-refractivity contribution >= 4 is 6.08 Å². The Hall–Kier alpha value is -1.67. The molecule has 74 valence electrons. The van der Waals surface area contributed by atoms with Gasteiger partial charge in [-0.3, -0.25) is 0 Å². The Morgan fingerprint density at radius 3 is 3.07 bits per heavy atom. The van der Waals surface area contributed by atoms with Crippen LogP contribution in [-0.2, 0) is 11.2 Å². The molecule has 14 heavy (non-hydrogen) atoms. The molecule has 0 radical (unpaired) electrons. The predicted molar refractivity (Wildman–Crippen MR) is 49.7 cm³/mol. The summed E-state index contributed by atoms with van der Waals surface area (Å²) in [6.07, 6.45) is -0.281. The topological polar surface area (TPSA) is 38.7 Å². The number of aliphatic imine (C=N–C) groups is 1. The van der Waals surface area contributed by atoms with Crippen LogP contribution >= 0.6 is 0 Å². The van der Waals surface area contributed by atoms with E-state index in [1.807, 2.05) is 0 Å². The molecule has 1 rings (SSSR count). The number of alkyl halides is 1. The molecule has 1 aromatic carbocycles. The molecule has 3 nitrogen and oxygen atoms in total. The Morgan fingerprint density at radius 1 is 1.64 bits per heavy atom. The van der Waals surface area contributed by atoms with E-state index in [0.29, 0.717) is 5.75 Å². The first-order valence-electron chi connectivity index (χ1n) is 4.10. The van der Waals surface area contributed by atoms with Gasteiger partial charge < -0.3 is 4.74 Å². The molecule has 0 amide bonds. The highest BCUT2D eigenvalue weighted by Gasteiger charge is 2.05. The van der Waals surface area contributed by atoms with E-state index in [1.54, 1.807) is 24.3 Å². The molecule has 0 spiro atoms. The quantitative estimate of drug-likeness (QED) is 0.418. The smallest absolute Gasteiger partial charge is 0.237 e. The first-order valence-corrected chi connectivity index (χ1v) is 4.10. The van der Waals surface area contributed by atoms with E-state index in [2.05, 4.69) is 4.99 Å². The highest BCUT2D eigenvalue weighted by atomic mass is 19.1. The van der Waals surface area contributed by atoms with Crippen molar-refractivity contribution in [2.24, 2.45) is 4.99 Å². The van der Waals surface area contributed by atoms with Gasteiger partial charge in [-0.25, -0.2) is 9.18 Å². The Morgan fingerprint density at radius 2 is 2.43 bits per heavy atom. The summed E-state index contributed by atoms with van der Waals surface area (Å²) in [6, 6.07) is 6.97. The van der Waals surface area contributed by atoms with Crippen LogP contribution in [0.5, 0.6) is 5.75 Å². The zero-order valence-electron chi connectivity index (χ0n) is 7.74. The number of hydrogen-bond donors (Lipinski definition) is 0. The summed E-state index contributed by atoms with van der Waals surface area (Å²) in [5, 5.41) is 0. The summed E-state index contributed by atoms with van der Waals surface area (Å²) in [5.41, 5.74) is 0.732. The first kappa shape index (κ1) is 10.4.